The number of hydrogen-bond donors (Lipinski definition) is 0. The van der Waals surface area contributed by atoms with Gasteiger partial charge in [-0.1, -0.05) is 118 Å². The molecule has 2 heteroatoms. The van der Waals surface area contributed by atoms with E-state index in [-0.39, 0.29) is 11.4 Å². The largest absolute Gasteiger partial charge is 0.465 e. The Morgan fingerprint density at radius 3 is 1.36 bits per heavy atom. The monoisotopic (exact) mass is 354 g/mol. The molecule has 0 N–H and O–H groups in total. The number of carbonyl (C=O) groups is 1. The van der Waals surface area contributed by atoms with Gasteiger partial charge in [0.2, 0.25) is 0 Å². The van der Waals surface area contributed by atoms with Gasteiger partial charge >= 0.3 is 5.97 Å². The van der Waals surface area contributed by atoms with E-state index in [1.807, 2.05) is 0 Å². The van der Waals surface area contributed by atoms with E-state index in [2.05, 4.69) is 27.7 Å². The standard InChI is InChI=1S/C23H46O2/c1-5-6-7-8-9-10-11-12-13-14-15-16-17-18-19-20-22(24)25-21-23(2,3)4/h5-21H2,1-4H3. The number of ether oxygens (including phenoxy) is 1. The number of unbranched alkanes of at least 4 members (excludes halogenated alkanes) is 14. The first kappa shape index (κ1) is 24.5. The number of hydrogen-bond acceptors (Lipinski definition) is 2. The minimum Gasteiger partial charge on any atom is -0.465 e. The van der Waals surface area contributed by atoms with Crippen LogP contribution in [-0.4, -0.2) is 12.6 Å². The smallest absolute Gasteiger partial charge is 0.305 e. The second-order valence-corrected chi connectivity index (χ2v) is 8.92. The first-order valence-electron chi connectivity index (χ1n) is 11.1. The Hall–Kier alpha value is -0.530. The lowest BCUT2D eigenvalue weighted by Gasteiger charge is -2.17. The van der Waals surface area contributed by atoms with Gasteiger partial charge in [0.15, 0.2) is 0 Å². The Labute approximate surface area is 158 Å². The van der Waals surface area contributed by atoms with Gasteiger partial charge in [-0.25, -0.2) is 0 Å². The SMILES string of the molecule is CCCCCCCCCCCCCCCCCC(=O)OCC(C)(C)C. The van der Waals surface area contributed by atoms with Crippen molar-refractivity contribution in [2.24, 2.45) is 5.41 Å². The highest BCUT2D eigenvalue weighted by molar-refractivity contribution is 5.69. The summed E-state index contributed by atoms with van der Waals surface area (Å²) in [6.07, 6.45) is 20.9. The Bertz CT molecular complexity index is 291. The van der Waals surface area contributed by atoms with Crippen LogP contribution >= 0.6 is 0 Å². The summed E-state index contributed by atoms with van der Waals surface area (Å²) < 4.78 is 5.29. The first-order valence-corrected chi connectivity index (χ1v) is 11.1. The maximum absolute atomic E-state index is 11.6. The molecule has 0 spiro atoms. The molecular formula is C23H46O2. The van der Waals surface area contributed by atoms with E-state index in [1.54, 1.807) is 0 Å². The van der Waals surface area contributed by atoms with E-state index in [4.69, 9.17) is 4.74 Å². The lowest BCUT2D eigenvalue weighted by atomic mass is 9.99. The van der Waals surface area contributed by atoms with Crippen molar-refractivity contribution < 1.29 is 9.53 Å². The van der Waals surface area contributed by atoms with Gasteiger partial charge in [-0.3, -0.25) is 4.79 Å². The Morgan fingerprint density at radius 2 is 1.00 bits per heavy atom. The highest BCUT2D eigenvalue weighted by Crippen LogP contribution is 2.15. The van der Waals surface area contributed by atoms with Gasteiger partial charge in [0.1, 0.15) is 0 Å². The fourth-order valence-corrected chi connectivity index (χ4v) is 3.01. The third-order valence-electron chi connectivity index (χ3n) is 4.65. The highest BCUT2D eigenvalue weighted by Gasteiger charge is 2.13. The quantitative estimate of drug-likeness (QED) is 0.196. The topological polar surface area (TPSA) is 26.3 Å². The van der Waals surface area contributed by atoms with Crippen molar-refractivity contribution in [1.82, 2.24) is 0 Å². The third kappa shape index (κ3) is 21.4. The van der Waals surface area contributed by atoms with Crippen molar-refractivity contribution in [1.29, 1.82) is 0 Å². The average molecular weight is 355 g/mol. The molecule has 0 radical (unpaired) electrons. The lowest BCUT2D eigenvalue weighted by Crippen LogP contribution is -2.18. The predicted molar refractivity (Wildman–Crippen MR) is 110 cm³/mol. The second kappa shape index (κ2) is 16.9. The molecule has 150 valence electrons. The zero-order valence-electron chi connectivity index (χ0n) is 17.8. The maximum atomic E-state index is 11.6. The molecule has 0 fully saturated rings. The molecule has 0 aliphatic carbocycles. The van der Waals surface area contributed by atoms with E-state index in [1.165, 1.54) is 89.9 Å². The van der Waals surface area contributed by atoms with E-state index < -0.39 is 0 Å². The third-order valence-corrected chi connectivity index (χ3v) is 4.65. The number of esters is 1. The van der Waals surface area contributed by atoms with Crippen molar-refractivity contribution in [2.75, 3.05) is 6.61 Å². The summed E-state index contributed by atoms with van der Waals surface area (Å²) in [5.74, 6) is -0.0235. The molecular weight excluding hydrogens is 308 g/mol. The normalized spacial score (nSPS) is 11.7. The summed E-state index contributed by atoms with van der Waals surface area (Å²) in [5.41, 5.74) is 0.0741. The van der Waals surface area contributed by atoms with E-state index >= 15 is 0 Å². The molecule has 0 unspecified atom stereocenters. The van der Waals surface area contributed by atoms with E-state index in [0.29, 0.717) is 13.0 Å². The van der Waals surface area contributed by atoms with Crippen LogP contribution in [0.5, 0.6) is 0 Å². The molecule has 0 saturated carbocycles. The van der Waals surface area contributed by atoms with Gasteiger partial charge in [-0.15, -0.1) is 0 Å². The fourth-order valence-electron chi connectivity index (χ4n) is 3.01. The molecule has 25 heavy (non-hydrogen) atoms. The van der Waals surface area contributed by atoms with Crippen molar-refractivity contribution in [3.63, 3.8) is 0 Å². The Morgan fingerprint density at radius 1 is 0.640 bits per heavy atom. The van der Waals surface area contributed by atoms with Crippen molar-refractivity contribution in [2.45, 2.75) is 130 Å². The van der Waals surface area contributed by atoms with Crippen LogP contribution in [0.1, 0.15) is 130 Å². The van der Waals surface area contributed by atoms with Crippen LogP contribution in [0.25, 0.3) is 0 Å². The zero-order valence-corrected chi connectivity index (χ0v) is 17.8. The summed E-state index contributed by atoms with van der Waals surface area (Å²) >= 11 is 0. The maximum Gasteiger partial charge on any atom is 0.305 e. The molecule has 0 aromatic heterocycles. The van der Waals surface area contributed by atoms with Crippen LogP contribution in [0.2, 0.25) is 0 Å². The summed E-state index contributed by atoms with van der Waals surface area (Å²) in [5, 5.41) is 0. The van der Waals surface area contributed by atoms with Gasteiger partial charge in [-0.2, -0.15) is 0 Å². The molecule has 0 bridgehead atoms. The van der Waals surface area contributed by atoms with Gasteiger partial charge < -0.3 is 4.74 Å². The van der Waals surface area contributed by atoms with Crippen LogP contribution in [0, 0.1) is 5.41 Å². The van der Waals surface area contributed by atoms with Crippen LogP contribution < -0.4 is 0 Å². The molecule has 0 saturated heterocycles. The molecule has 2 nitrogen and oxygen atoms in total. The van der Waals surface area contributed by atoms with Crippen LogP contribution in [0.4, 0.5) is 0 Å². The molecule has 0 aromatic rings. The zero-order chi connectivity index (χ0) is 18.8. The molecule has 0 aliphatic heterocycles. The lowest BCUT2D eigenvalue weighted by molar-refractivity contribution is -0.146. The molecule has 0 aromatic carbocycles. The van der Waals surface area contributed by atoms with Crippen molar-refractivity contribution in [3.05, 3.63) is 0 Å². The number of rotatable bonds is 17. The van der Waals surface area contributed by atoms with Crippen molar-refractivity contribution >= 4 is 5.97 Å². The van der Waals surface area contributed by atoms with Gasteiger partial charge in [0, 0.05) is 6.42 Å². The number of carbonyl (C=O) groups excluding carboxylic acids is 1. The molecule has 0 atom stereocenters. The minimum atomic E-state index is -0.0235. The summed E-state index contributed by atoms with van der Waals surface area (Å²) in [6, 6.07) is 0. The van der Waals surface area contributed by atoms with Crippen LogP contribution in [-0.2, 0) is 9.53 Å². The van der Waals surface area contributed by atoms with Gasteiger partial charge in [-0.05, 0) is 11.8 Å². The average Bonchev–Trinajstić information content (AvgIpc) is 2.56. The second-order valence-electron chi connectivity index (χ2n) is 8.92. The van der Waals surface area contributed by atoms with E-state index in [0.717, 1.165) is 6.42 Å². The summed E-state index contributed by atoms with van der Waals surface area (Å²) in [7, 11) is 0. The molecule has 0 aliphatic rings. The Kier molecular flexibility index (Phi) is 16.6. The molecule has 0 amide bonds. The fraction of sp³-hybridized carbons (Fsp3) is 0.957. The van der Waals surface area contributed by atoms with Crippen molar-refractivity contribution in [3.8, 4) is 0 Å². The summed E-state index contributed by atoms with van der Waals surface area (Å²) in [4.78, 5) is 11.6. The minimum absolute atomic E-state index is 0.0235. The molecule has 0 rings (SSSR count). The summed E-state index contributed by atoms with van der Waals surface area (Å²) in [6.45, 7) is 9.09. The molecule has 0 heterocycles. The van der Waals surface area contributed by atoms with Gasteiger partial charge in [0.25, 0.3) is 0 Å². The van der Waals surface area contributed by atoms with Crippen LogP contribution in [0.3, 0.4) is 0 Å². The highest BCUT2D eigenvalue weighted by atomic mass is 16.5. The Balaban J connectivity index is 3.15. The van der Waals surface area contributed by atoms with E-state index in [9.17, 15) is 4.79 Å². The predicted octanol–water partition coefficient (Wildman–Crippen LogP) is 7.84. The first-order chi connectivity index (χ1) is 12.0. The van der Waals surface area contributed by atoms with Crippen LogP contribution in [0.15, 0.2) is 0 Å². The van der Waals surface area contributed by atoms with Gasteiger partial charge in [0.05, 0.1) is 6.61 Å².